The van der Waals surface area contributed by atoms with Gasteiger partial charge in [0, 0.05) is 19.5 Å². The van der Waals surface area contributed by atoms with Crippen LogP contribution in [0.4, 0.5) is 8.78 Å². The molecule has 3 rings (SSSR count). The average Bonchev–Trinajstić information content (AvgIpc) is 3.09. The number of aromatic nitrogens is 4. The Balaban J connectivity index is 2.01. The van der Waals surface area contributed by atoms with Gasteiger partial charge in [-0.05, 0) is 19.1 Å². The summed E-state index contributed by atoms with van der Waals surface area (Å²) in [5.74, 6) is 0.389. The minimum Gasteiger partial charge on any atom is -0.383 e. The molecule has 0 saturated heterocycles. The molecule has 1 aromatic carbocycles. The van der Waals surface area contributed by atoms with E-state index in [9.17, 15) is 13.6 Å². The average molecular weight is 380 g/mol. The fourth-order valence-corrected chi connectivity index (χ4v) is 3.74. The molecule has 0 fully saturated rings. The summed E-state index contributed by atoms with van der Waals surface area (Å²) in [5.41, 5.74) is 0.387. The van der Waals surface area contributed by atoms with Crippen molar-refractivity contribution in [3.63, 3.8) is 0 Å². The molecule has 0 aliphatic heterocycles. The molecule has 0 saturated carbocycles. The molecule has 0 N–H and O–H groups in total. The first kappa shape index (κ1) is 18.5. The number of rotatable bonds is 7. The largest absolute Gasteiger partial charge is 0.383 e. The van der Waals surface area contributed by atoms with Gasteiger partial charge in [0.25, 0.3) is 5.56 Å². The van der Waals surface area contributed by atoms with Crippen LogP contribution in [-0.4, -0.2) is 32.8 Å². The molecule has 1 atom stereocenters. The Morgan fingerprint density at radius 3 is 2.81 bits per heavy atom. The van der Waals surface area contributed by atoms with E-state index in [4.69, 9.17) is 4.74 Å². The van der Waals surface area contributed by atoms with Crippen molar-refractivity contribution in [1.29, 1.82) is 0 Å². The van der Waals surface area contributed by atoms with Gasteiger partial charge in [-0.15, -0.1) is 0 Å². The molecule has 2 heterocycles. The minimum atomic E-state index is -2.66. The topological polar surface area (TPSA) is 61.9 Å². The van der Waals surface area contributed by atoms with Crippen LogP contribution in [0.15, 0.2) is 46.6 Å². The van der Waals surface area contributed by atoms with Gasteiger partial charge in [-0.3, -0.25) is 13.9 Å². The quantitative estimate of drug-likeness (QED) is 0.464. The third-order valence-corrected chi connectivity index (χ3v) is 4.86. The Morgan fingerprint density at radius 1 is 1.31 bits per heavy atom. The lowest BCUT2D eigenvalue weighted by atomic mass is 10.2. The van der Waals surface area contributed by atoms with Crippen LogP contribution in [0, 0.1) is 0 Å². The molecule has 0 radical (unpaired) electrons. The number of imidazole rings is 1. The van der Waals surface area contributed by atoms with Crippen LogP contribution in [0.1, 0.15) is 25.3 Å². The van der Waals surface area contributed by atoms with Crippen molar-refractivity contribution in [3.8, 4) is 0 Å². The molecular weight excluding hydrogens is 362 g/mol. The summed E-state index contributed by atoms with van der Waals surface area (Å²) in [6.45, 7) is -0.475. The molecule has 3 aromatic rings. The highest BCUT2D eigenvalue weighted by Crippen LogP contribution is 2.25. The fraction of sp³-hybridized carbons (Fsp3) is 0.353. The lowest BCUT2D eigenvalue weighted by Gasteiger charge is -2.19. The number of thioether (sulfide) groups is 1. The van der Waals surface area contributed by atoms with Crippen molar-refractivity contribution in [3.05, 3.63) is 52.8 Å². The molecule has 2 aromatic heterocycles. The van der Waals surface area contributed by atoms with Crippen molar-refractivity contribution in [2.45, 2.75) is 30.4 Å². The van der Waals surface area contributed by atoms with Crippen LogP contribution in [0.2, 0.25) is 0 Å². The Kier molecular flexibility index (Phi) is 5.67. The second kappa shape index (κ2) is 7.96. The number of fused-ring (bicyclic) bond motifs is 1. The lowest BCUT2D eigenvalue weighted by molar-refractivity contribution is 0.0678. The van der Waals surface area contributed by atoms with Crippen LogP contribution >= 0.6 is 11.8 Å². The summed E-state index contributed by atoms with van der Waals surface area (Å²) in [6, 6.07) is 6.81. The Hall–Kier alpha value is -2.26. The van der Waals surface area contributed by atoms with Crippen LogP contribution in [0.5, 0.6) is 0 Å². The van der Waals surface area contributed by atoms with Gasteiger partial charge in [0.1, 0.15) is 5.82 Å². The maximum absolute atomic E-state index is 13.0. The predicted octanol–water partition coefficient (Wildman–Crippen LogP) is 3.49. The van der Waals surface area contributed by atoms with E-state index < -0.39 is 6.55 Å². The summed E-state index contributed by atoms with van der Waals surface area (Å²) in [4.78, 5) is 21.4. The number of alkyl halides is 2. The molecular formula is C17H18F2N4O2S. The van der Waals surface area contributed by atoms with Crippen LogP contribution < -0.4 is 5.56 Å². The first-order chi connectivity index (χ1) is 12.5. The Bertz CT molecular complexity index is 957. The van der Waals surface area contributed by atoms with E-state index in [1.807, 2.05) is 6.92 Å². The fourth-order valence-electron chi connectivity index (χ4n) is 2.69. The highest BCUT2D eigenvalue weighted by molar-refractivity contribution is 7.98. The number of methoxy groups -OCH3 is 1. The predicted molar refractivity (Wildman–Crippen MR) is 95.6 cm³/mol. The highest BCUT2D eigenvalue weighted by Gasteiger charge is 2.18. The van der Waals surface area contributed by atoms with Gasteiger partial charge in [-0.25, -0.2) is 9.97 Å². The zero-order valence-electron chi connectivity index (χ0n) is 14.3. The van der Waals surface area contributed by atoms with Crippen LogP contribution in [-0.2, 0) is 10.5 Å². The molecule has 0 spiro atoms. The van der Waals surface area contributed by atoms with E-state index >= 15 is 0 Å². The summed E-state index contributed by atoms with van der Waals surface area (Å²) >= 11 is 1.20. The second-order valence-corrected chi connectivity index (χ2v) is 6.65. The first-order valence-corrected chi connectivity index (χ1v) is 8.94. The number of ether oxygens (including phenoxy) is 1. The SMILES string of the molecule is COC[C@H](C)n1c(SCc2nccn2C(F)F)nc2ccccc2c1=O. The molecule has 26 heavy (non-hydrogen) atoms. The van der Waals surface area contributed by atoms with Gasteiger partial charge in [0.2, 0.25) is 0 Å². The maximum Gasteiger partial charge on any atom is 0.319 e. The summed E-state index contributed by atoms with van der Waals surface area (Å²) in [5, 5.41) is 0.955. The number of benzene rings is 1. The van der Waals surface area contributed by atoms with Gasteiger partial charge in [-0.1, -0.05) is 23.9 Å². The minimum absolute atomic E-state index is 0.168. The first-order valence-electron chi connectivity index (χ1n) is 7.95. The van der Waals surface area contributed by atoms with Gasteiger partial charge in [0.05, 0.1) is 29.3 Å². The van der Waals surface area contributed by atoms with Crippen molar-refractivity contribution in [1.82, 2.24) is 19.1 Å². The number of para-hydroxylation sites is 1. The summed E-state index contributed by atoms with van der Waals surface area (Å²) in [7, 11) is 1.56. The monoisotopic (exact) mass is 380 g/mol. The standard InChI is InChI=1S/C17H18F2N4O2S/c1-11(9-25-2)23-15(24)12-5-3-4-6-13(12)21-17(23)26-10-14-20-7-8-22(14)16(18)19/h3-8,11,16H,9-10H2,1-2H3/t11-/m0/s1. The third-order valence-electron chi connectivity index (χ3n) is 3.91. The molecule has 0 aliphatic carbocycles. The summed E-state index contributed by atoms with van der Waals surface area (Å²) < 4.78 is 33.5. The van der Waals surface area contributed by atoms with Crippen LogP contribution in [0.3, 0.4) is 0 Å². The van der Waals surface area contributed by atoms with Gasteiger partial charge in [-0.2, -0.15) is 8.78 Å². The van der Waals surface area contributed by atoms with E-state index in [0.717, 1.165) is 4.57 Å². The van der Waals surface area contributed by atoms with Crippen molar-refractivity contribution < 1.29 is 13.5 Å². The van der Waals surface area contributed by atoms with Gasteiger partial charge in [0.15, 0.2) is 5.16 Å². The van der Waals surface area contributed by atoms with Crippen molar-refractivity contribution in [2.75, 3.05) is 13.7 Å². The number of hydrogen-bond donors (Lipinski definition) is 0. The number of halogens is 2. The maximum atomic E-state index is 13.0. The second-order valence-electron chi connectivity index (χ2n) is 5.71. The lowest BCUT2D eigenvalue weighted by Crippen LogP contribution is -2.28. The smallest absolute Gasteiger partial charge is 0.319 e. The third kappa shape index (κ3) is 3.63. The van der Waals surface area contributed by atoms with E-state index in [-0.39, 0.29) is 23.2 Å². The molecule has 9 heteroatoms. The van der Waals surface area contributed by atoms with Crippen molar-refractivity contribution in [2.24, 2.45) is 0 Å². The normalized spacial score (nSPS) is 12.8. The van der Waals surface area contributed by atoms with E-state index in [2.05, 4.69) is 9.97 Å². The molecule has 0 amide bonds. The molecule has 0 unspecified atom stereocenters. The van der Waals surface area contributed by atoms with E-state index in [0.29, 0.717) is 22.7 Å². The zero-order chi connectivity index (χ0) is 18.7. The molecule has 6 nitrogen and oxygen atoms in total. The van der Waals surface area contributed by atoms with E-state index in [1.54, 1.807) is 35.9 Å². The number of nitrogens with zero attached hydrogens (tertiary/aromatic N) is 4. The zero-order valence-corrected chi connectivity index (χ0v) is 15.1. The van der Waals surface area contributed by atoms with Crippen LogP contribution in [0.25, 0.3) is 10.9 Å². The van der Waals surface area contributed by atoms with Gasteiger partial charge < -0.3 is 4.74 Å². The number of hydrogen-bond acceptors (Lipinski definition) is 5. The summed E-state index contributed by atoms with van der Waals surface area (Å²) in [6.07, 6.45) is 2.56. The highest BCUT2D eigenvalue weighted by atomic mass is 32.2. The Morgan fingerprint density at radius 2 is 2.08 bits per heavy atom. The van der Waals surface area contributed by atoms with E-state index in [1.165, 1.54) is 24.2 Å². The Labute approximate surface area is 152 Å². The van der Waals surface area contributed by atoms with Gasteiger partial charge >= 0.3 is 6.55 Å². The van der Waals surface area contributed by atoms with Crippen molar-refractivity contribution >= 4 is 22.7 Å². The molecule has 0 bridgehead atoms. The molecule has 0 aliphatic rings. The molecule has 138 valence electrons.